The molecule has 2 aliphatic carbocycles. The lowest BCUT2D eigenvalue weighted by Gasteiger charge is -2.32. The van der Waals surface area contributed by atoms with E-state index in [2.05, 4.69) is 62.4 Å². The van der Waals surface area contributed by atoms with E-state index < -0.39 is 0 Å². The van der Waals surface area contributed by atoms with Gasteiger partial charge in [0.15, 0.2) is 0 Å². The van der Waals surface area contributed by atoms with Crippen molar-refractivity contribution in [1.29, 1.82) is 0 Å². The molecule has 0 heterocycles. The maximum atomic E-state index is 2.42. The summed E-state index contributed by atoms with van der Waals surface area (Å²) in [6, 6.07) is 9.65. The molecular formula is C23H32. The first-order valence-electron chi connectivity index (χ1n) is 9.72. The highest BCUT2D eigenvalue weighted by molar-refractivity contribution is 5.38. The van der Waals surface area contributed by atoms with Crippen LogP contribution in [0.5, 0.6) is 0 Å². The predicted octanol–water partition coefficient (Wildman–Crippen LogP) is 6.92. The van der Waals surface area contributed by atoms with Gasteiger partial charge < -0.3 is 0 Å². The van der Waals surface area contributed by atoms with E-state index in [4.69, 9.17) is 0 Å². The minimum absolute atomic E-state index is 0.228. The largest absolute Gasteiger partial charge is 0.0833 e. The second-order valence-corrected chi connectivity index (χ2v) is 7.63. The Morgan fingerprint density at radius 2 is 1.70 bits per heavy atom. The summed E-state index contributed by atoms with van der Waals surface area (Å²) in [7, 11) is 0. The lowest BCUT2D eigenvalue weighted by molar-refractivity contribution is 0.308. The van der Waals surface area contributed by atoms with Crippen molar-refractivity contribution in [2.24, 2.45) is 5.92 Å². The number of allylic oxidation sites excluding steroid dienone is 4. The molecule has 0 aromatic heterocycles. The molecule has 1 unspecified atom stereocenters. The van der Waals surface area contributed by atoms with Gasteiger partial charge in [-0.05, 0) is 61.5 Å². The van der Waals surface area contributed by atoms with Crippen LogP contribution in [0.4, 0.5) is 0 Å². The number of rotatable bonds is 5. The highest BCUT2D eigenvalue weighted by Crippen LogP contribution is 2.40. The molecule has 1 aromatic carbocycles. The van der Waals surface area contributed by atoms with Crippen LogP contribution in [0.1, 0.15) is 82.3 Å². The Morgan fingerprint density at radius 3 is 2.26 bits per heavy atom. The minimum atomic E-state index is 0.228. The Balaban J connectivity index is 1.68. The molecule has 0 saturated heterocycles. The van der Waals surface area contributed by atoms with Crippen LogP contribution in [0.2, 0.25) is 0 Å². The van der Waals surface area contributed by atoms with Crippen LogP contribution in [0.3, 0.4) is 0 Å². The Labute approximate surface area is 142 Å². The molecule has 0 nitrogen and oxygen atoms in total. The van der Waals surface area contributed by atoms with Crippen molar-refractivity contribution in [3.63, 3.8) is 0 Å². The standard InChI is InChI=1S/C23H32/c1-3-8-19-9-11-20(12-10-19)21-13-15-22(16-14-21)23(4-2)17-6-5-7-18-23/h5-7,13-17,19-20H,3-4,8-12,18H2,1-2H3. The van der Waals surface area contributed by atoms with Crippen molar-refractivity contribution >= 4 is 0 Å². The van der Waals surface area contributed by atoms with E-state index in [0.29, 0.717) is 0 Å². The summed E-state index contributed by atoms with van der Waals surface area (Å²) in [6.45, 7) is 4.63. The zero-order chi connectivity index (χ0) is 16.1. The zero-order valence-corrected chi connectivity index (χ0v) is 14.9. The maximum Gasteiger partial charge on any atom is 0.0167 e. The van der Waals surface area contributed by atoms with Crippen molar-refractivity contribution in [2.75, 3.05) is 0 Å². The van der Waals surface area contributed by atoms with E-state index in [0.717, 1.165) is 18.3 Å². The molecule has 0 heteroatoms. The molecule has 3 rings (SSSR count). The molecule has 1 saturated carbocycles. The van der Waals surface area contributed by atoms with Gasteiger partial charge in [-0.15, -0.1) is 0 Å². The Bertz CT molecular complexity index is 540. The third-order valence-electron chi connectivity index (χ3n) is 6.28. The Morgan fingerprint density at radius 1 is 0.957 bits per heavy atom. The summed E-state index contributed by atoms with van der Waals surface area (Å²) in [6.07, 6.45) is 19.9. The second-order valence-electron chi connectivity index (χ2n) is 7.63. The van der Waals surface area contributed by atoms with E-state index in [1.165, 1.54) is 50.5 Å². The summed E-state index contributed by atoms with van der Waals surface area (Å²) < 4.78 is 0. The van der Waals surface area contributed by atoms with Crippen molar-refractivity contribution in [1.82, 2.24) is 0 Å². The Kier molecular flexibility index (Phi) is 5.41. The summed E-state index contributed by atoms with van der Waals surface area (Å²) in [4.78, 5) is 0. The van der Waals surface area contributed by atoms with Crippen molar-refractivity contribution in [2.45, 2.75) is 76.5 Å². The third kappa shape index (κ3) is 3.62. The van der Waals surface area contributed by atoms with Gasteiger partial charge in [-0.2, -0.15) is 0 Å². The molecule has 0 amide bonds. The average molecular weight is 309 g/mol. The van der Waals surface area contributed by atoms with Crippen LogP contribution >= 0.6 is 0 Å². The molecule has 1 atom stereocenters. The predicted molar refractivity (Wildman–Crippen MR) is 101 cm³/mol. The lowest BCUT2D eigenvalue weighted by Crippen LogP contribution is -2.23. The smallest absolute Gasteiger partial charge is 0.0167 e. The normalized spacial score (nSPS) is 30.5. The molecular weight excluding hydrogens is 276 g/mol. The van der Waals surface area contributed by atoms with Gasteiger partial charge in [0.25, 0.3) is 0 Å². The van der Waals surface area contributed by atoms with E-state index in [-0.39, 0.29) is 5.41 Å². The summed E-state index contributed by atoms with van der Waals surface area (Å²) >= 11 is 0. The third-order valence-corrected chi connectivity index (χ3v) is 6.28. The van der Waals surface area contributed by atoms with E-state index >= 15 is 0 Å². The SMILES string of the molecule is CCCC1CCC(c2ccc(C3(CC)C=CC=CC3)cc2)CC1. The molecule has 0 aliphatic heterocycles. The molecule has 23 heavy (non-hydrogen) atoms. The van der Waals surface area contributed by atoms with Gasteiger partial charge >= 0.3 is 0 Å². The number of hydrogen-bond acceptors (Lipinski definition) is 0. The lowest BCUT2D eigenvalue weighted by atomic mass is 9.72. The van der Waals surface area contributed by atoms with Crippen LogP contribution < -0.4 is 0 Å². The van der Waals surface area contributed by atoms with Gasteiger partial charge in [0.05, 0.1) is 0 Å². The van der Waals surface area contributed by atoms with Crippen LogP contribution in [-0.4, -0.2) is 0 Å². The summed E-state index contributed by atoms with van der Waals surface area (Å²) in [5.74, 6) is 1.80. The molecule has 124 valence electrons. The number of benzene rings is 1. The van der Waals surface area contributed by atoms with Gasteiger partial charge in [-0.3, -0.25) is 0 Å². The fourth-order valence-corrected chi connectivity index (χ4v) is 4.63. The van der Waals surface area contributed by atoms with Crippen LogP contribution in [-0.2, 0) is 5.41 Å². The van der Waals surface area contributed by atoms with Crippen LogP contribution in [0, 0.1) is 5.92 Å². The molecule has 1 aromatic rings. The zero-order valence-electron chi connectivity index (χ0n) is 14.9. The van der Waals surface area contributed by atoms with Crippen molar-refractivity contribution in [3.8, 4) is 0 Å². The highest BCUT2D eigenvalue weighted by atomic mass is 14.3. The first kappa shape index (κ1) is 16.6. The Hall–Kier alpha value is -1.30. The first-order valence-corrected chi connectivity index (χ1v) is 9.72. The first-order chi connectivity index (χ1) is 11.3. The van der Waals surface area contributed by atoms with Crippen molar-refractivity contribution in [3.05, 3.63) is 59.7 Å². The monoisotopic (exact) mass is 308 g/mol. The number of hydrogen-bond donors (Lipinski definition) is 0. The maximum absolute atomic E-state index is 2.42. The molecule has 2 aliphatic rings. The van der Waals surface area contributed by atoms with Crippen molar-refractivity contribution < 1.29 is 0 Å². The van der Waals surface area contributed by atoms with Crippen LogP contribution in [0.15, 0.2) is 48.6 Å². The average Bonchev–Trinajstić information content (AvgIpc) is 2.63. The van der Waals surface area contributed by atoms with Gasteiger partial charge in [0.1, 0.15) is 0 Å². The summed E-state index contributed by atoms with van der Waals surface area (Å²) in [5.41, 5.74) is 3.29. The fraction of sp³-hybridized carbons (Fsp3) is 0.565. The van der Waals surface area contributed by atoms with E-state index in [9.17, 15) is 0 Å². The van der Waals surface area contributed by atoms with Crippen LogP contribution in [0.25, 0.3) is 0 Å². The van der Waals surface area contributed by atoms with E-state index in [1.807, 2.05) is 0 Å². The van der Waals surface area contributed by atoms with Gasteiger partial charge in [-0.1, -0.05) is 75.3 Å². The van der Waals surface area contributed by atoms with Gasteiger partial charge in [0.2, 0.25) is 0 Å². The quantitative estimate of drug-likeness (QED) is 0.553. The highest BCUT2D eigenvalue weighted by Gasteiger charge is 2.28. The van der Waals surface area contributed by atoms with E-state index in [1.54, 1.807) is 5.56 Å². The van der Waals surface area contributed by atoms with Gasteiger partial charge in [0, 0.05) is 5.41 Å². The topological polar surface area (TPSA) is 0 Å². The molecule has 0 N–H and O–H groups in total. The summed E-state index contributed by atoms with van der Waals surface area (Å²) in [5, 5.41) is 0. The fourth-order valence-electron chi connectivity index (χ4n) is 4.63. The minimum Gasteiger partial charge on any atom is -0.0833 e. The van der Waals surface area contributed by atoms with Gasteiger partial charge in [-0.25, -0.2) is 0 Å². The molecule has 0 bridgehead atoms. The second kappa shape index (κ2) is 7.51. The molecule has 0 spiro atoms. The molecule has 0 radical (unpaired) electrons. The molecule has 1 fully saturated rings.